The van der Waals surface area contributed by atoms with Gasteiger partial charge in [0.15, 0.2) is 0 Å². The highest BCUT2D eigenvalue weighted by Crippen LogP contribution is 2.38. The Morgan fingerprint density at radius 3 is 2.90 bits per heavy atom. The third-order valence-electron chi connectivity index (χ3n) is 3.40. The van der Waals surface area contributed by atoms with Crippen LogP contribution in [-0.2, 0) is 11.2 Å². The number of aryl methyl sites for hydroxylation is 1. The van der Waals surface area contributed by atoms with Crippen molar-refractivity contribution in [2.45, 2.75) is 23.5 Å². The lowest BCUT2D eigenvalue weighted by Crippen LogP contribution is -2.24. The van der Waals surface area contributed by atoms with Gasteiger partial charge in [-0.15, -0.1) is 11.8 Å². The van der Waals surface area contributed by atoms with Gasteiger partial charge in [0.1, 0.15) is 0 Å². The summed E-state index contributed by atoms with van der Waals surface area (Å²) in [6.45, 7) is 2.06. The average molecular weight is 338 g/mol. The zero-order valence-corrected chi connectivity index (χ0v) is 13.6. The first-order chi connectivity index (χ1) is 10.0. The lowest BCUT2D eigenvalue weighted by molar-refractivity contribution is -0.115. The molecule has 21 heavy (non-hydrogen) atoms. The van der Waals surface area contributed by atoms with E-state index in [1.807, 2.05) is 0 Å². The first-order valence-corrected chi connectivity index (χ1v) is 8.19. The minimum atomic E-state index is -0.128. The van der Waals surface area contributed by atoms with Crippen molar-refractivity contribution in [3.8, 4) is 0 Å². The Kier molecular flexibility index (Phi) is 4.16. The molecule has 108 valence electrons. The van der Waals surface area contributed by atoms with Crippen molar-refractivity contribution in [3.63, 3.8) is 0 Å². The van der Waals surface area contributed by atoms with Crippen LogP contribution in [0.1, 0.15) is 11.1 Å². The molecule has 0 fully saturated rings. The van der Waals surface area contributed by atoms with Crippen LogP contribution in [0, 0.1) is 6.92 Å². The lowest BCUT2D eigenvalue weighted by atomic mass is 10.1. The number of nitrogens with one attached hydrogen (secondary N) is 1. The predicted molar refractivity (Wildman–Crippen MR) is 89.6 cm³/mol. The van der Waals surface area contributed by atoms with Gasteiger partial charge in [0, 0.05) is 4.90 Å². The summed E-state index contributed by atoms with van der Waals surface area (Å²) in [5.74, 6) is -0.0435. The van der Waals surface area contributed by atoms with Crippen molar-refractivity contribution in [1.82, 2.24) is 0 Å². The van der Waals surface area contributed by atoms with E-state index in [0.717, 1.165) is 6.42 Å². The fourth-order valence-electron chi connectivity index (χ4n) is 2.29. The van der Waals surface area contributed by atoms with Crippen LogP contribution >= 0.6 is 35.0 Å². The highest BCUT2D eigenvalue weighted by Gasteiger charge is 2.28. The molecule has 2 aromatic carbocycles. The Hall–Kier alpha value is -1.16. The van der Waals surface area contributed by atoms with Crippen LogP contribution in [-0.4, -0.2) is 11.2 Å². The zero-order chi connectivity index (χ0) is 15.0. The summed E-state index contributed by atoms with van der Waals surface area (Å²) in [6.07, 6.45) is 0.740. The molecule has 5 heteroatoms. The molecule has 0 radical (unpaired) electrons. The van der Waals surface area contributed by atoms with Crippen LogP contribution in [0.25, 0.3) is 0 Å². The van der Waals surface area contributed by atoms with E-state index < -0.39 is 0 Å². The number of carbonyl (C=O) groups excluding carboxylic acids is 1. The minimum Gasteiger partial charge on any atom is -0.324 e. The molecule has 1 heterocycles. The van der Waals surface area contributed by atoms with Crippen molar-refractivity contribution in [3.05, 3.63) is 57.6 Å². The van der Waals surface area contributed by atoms with Gasteiger partial charge in [-0.3, -0.25) is 4.79 Å². The van der Waals surface area contributed by atoms with Crippen molar-refractivity contribution < 1.29 is 4.79 Å². The van der Waals surface area contributed by atoms with E-state index in [9.17, 15) is 4.79 Å². The number of rotatable bonds is 2. The van der Waals surface area contributed by atoms with E-state index in [1.54, 1.807) is 30.0 Å². The van der Waals surface area contributed by atoms with Crippen LogP contribution in [0.3, 0.4) is 0 Å². The van der Waals surface area contributed by atoms with Crippen LogP contribution in [0.15, 0.2) is 41.3 Å². The Balaban J connectivity index is 1.75. The average Bonchev–Trinajstić information content (AvgIpc) is 2.87. The van der Waals surface area contributed by atoms with Gasteiger partial charge in [-0.2, -0.15) is 0 Å². The summed E-state index contributed by atoms with van der Waals surface area (Å²) in [4.78, 5) is 13.6. The lowest BCUT2D eigenvalue weighted by Gasteiger charge is -2.11. The number of benzene rings is 2. The fraction of sp³-hybridized carbons (Fsp3) is 0.188. The molecule has 0 aliphatic carbocycles. The number of hydrogen-bond acceptors (Lipinski definition) is 2. The van der Waals surface area contributed by atoms with Gasteiger partial charge in [0.2, 0.25) is 5.91 Å². The first-order valence-electron chi connectivity index (χ1n) is 6.55. The predicted octanol–water partition coefficient (Wildman–Crippen LogP) is 4.96. The standard InChI is InChI=1S/C16H13Cl2NOS/c1-9-5-6-10-8-14(21-13(10)7-9)16(20)19-12-4-2-3-11(17)15(12)18/h2-7,14H,8H2,1H3,(H,19,20)/t14-/m0/s1. The molecule has 1 amide bonds. The van der Waals surface area contributed by atoms with E-state index in [0.29, 0.717) is 15.7 Å². The second kappa shape index (κ2) is 5.91. The molecule has 2 nitrogen and oxygen atoms in total. The molecule has 0 spiro atoms. The van der Waals surface area contributed by atoms with E-state index in [-0.39, 0.29) is 11.2 Å². The summed E-state index contributed by atoms with van der Waals surface area (Å²) in [7, 11) is 0. The normalized spacial score (nSPS) is 16.6. The van der Waals surface area contributed by atoms with Crippen LogP contribution in [0.5, 0.6) is 0 Å². The number of carbonyl (C=O) groups is 1. The molecule has 1 N–H and O–H groups in total. The Labute approximate surface area is 137 Å². The zero-order valence-electron chi connectivity index (χ0n) is 11.3. The number of thioether (sulfide) groups is 1. The number of anilines is 1. The minimum absolute atomic E-state index is 0.0435. The van der Waals surface area contributed by atoms with Crippen LogP contribution < -0.4 is 5.32 Å². The third kappa shape index (κ3) is 3.05. The fourth-order valence-corrected chi connectivity index (χ4v) is 3.93. The van der Waals surface area contributed by atoms with E-state index in [2.05, 4.69) is 30.4 Å². The molecule has 1 aliphatic rings. The third-order valence-corrected chi connectivity index (χ3v) is 5.52. The van der Waals surface area contributed by atoms with Crippen molar-refractivity contribution in [2.24, 2.45) is 0 Å². The quantitative estimate of drug-likeness (QED) is 0.839. The molecule has 0 saturated heterocycles. The molecule has 0 bridgehead atoms. The van der Waals surface area contributed by atoms with E-state index in [4.69, 9.17) is 23.2 Å². The topological polar surface area (TPSA) is 29.1 Å². The molecule has 0 unspecified atom stereocenters. The second-order valence-electron chi connectivity index (χ2n) is 5.01. The maximum absolute atomic E-state index is 12.4. The smallest absolute Gasteiger partial charge is 0.238 e. The van der Waals surface area contributed by atoms with Crippen LogP contribution in [0.4, 0.5) is 5.69 Å². The number of fused-ring (bicyclic) bond motifs is 1. The largest absolute Gasteiger partial charge is 0.324 e. The van der Waals surface area contributed by atoms with E-state index in [1.165, 1.54) is 16.0 Å². The van der Waals surface area contributed by atoms with Crippen LogP contribution in [0.2, 0.25) is 10.0 Å². The Bertz CT molecular complexity index is 717. The van der Waals surface area contributed by atoms with Gasteiger partial charge < -0.3 is 5.32 Å². The highest BCUT2D eigenvalue weighted by atomic mass is 35.5. The Morgan fingerprint density at radius 2 is 2.10 bits per heavy atom. The van der Waals surface area contributed by atoms with Gasteiger partial charge in [-0.25, -0.2) is 0 Å². The van der Waals surface area contributed by atoms with Crippen molar-refractivity contribution in [1.29, 1.82) is 0 Å². The maximum Gasteiger partial charge on any atom is 0.238 e. The number of halogens is 2. The molecule has 1 atom stereocenters. The molecule has 2 aromatic rings. The van der Waals surface area contributed by atoms with Gasteiger partial charge in [-0.1, -0.05) is 47.0 Å². The SMILES string of the molecule is Cc1ccc2c(c1)S[C@H](C(=O)Nc1cccc(Cl)c1Cl)C2. The van der Waals surface area contributed by atoms with Gasteiger partial charge >= 0.3 is 0 Å². The summed E-state index contributed by atoms with van der Waals surface area (Å²) >= 11 is 13.7. The van der Waals surface area contributed by atoms with Gasteiger partial charge in [0.05, 0.1) is 21.0 Å². The summed E-state index contributed by atoms with van der Waals surface area (Å²) in [5.41, 5.74) is 2.99. The number of amides is 1. The van der Waals surface area contributed by atoms with E-state index >= 15 is 0 Å². The second-order valence-corrected chi connectivity index (χ2v) is 7.04. The summed E-state index contributed by atoms with van der Waals surface area (Å²) < 4.78 is 0. The highest BCUT2D eigenvalue weighted by molar-refractivity contribution is 8.01. The number of hydrogen-bond donors (Lipinski definition) is 1. The monoisotopic (exact) mass is 337 g/mol. The molecular formula is C16H13Cl2NOS. The molecule has 0 saturated carbocycles. The Morgan fingerprint density at radius 1 is 1.29 bits per heavy atom. The van der Waals surface area contributed by atoms with Crippen molar-refractivity contribution >= 4 is 46.6 Å². The maximum atomic E-state index is 12.4. The molecular weight excluding hydrogens is 325 g/mol. The van der Waals surface area contributed by atoms with Gasteiger partial charge in [-0.05, 0) is 37.1 Å². The summed E-state index contributed by atoms with van der Waals surface area (Å²) in [6, 6.07) is 11.5. The summed E-state index contributed by atoms with van der Waals surface area (Å²) in [5, 5.41) is 3.55. The molecule has 3 rings (SSSR count). The van der Waals surface area contributed by atoms with Crippen molar-refractivity contribution in [2.75, 3.05) is 5.32 Å². The van der Waals surface area contributed by atoms with Gasteiger partial charge in [0.25, 0.3) is 0 Å². The molecule has 1 aliphatic heterocycles. The molecule has 0 aromatic heterocycles. The first kappa shape index (κ1) is 14.8.